The van der Waals surface area contributed by atoms with Crippen LogP contribution in [0.4, 0.5) is 0 Å². The van der Waals surface area contributed by atoms with Crippen LogP contribution < -0.4 is 0 Å². The Morgan fingerprint density at radius 2 is 1.50 bits per heavy atom. The third-order valence-corrected chi connectivity index (χ3v) is 4.68. The van der Waals surface area contributed by atoms with E-state index in [9.17, 15) is 0 Å². The van der Waals surface area contributed by atoms with Crippen molar-refractivity contribution in [1.29, 1.82) is 0 Å². The van der Waals surface area contributed by atoms with Crippen LogP contribution in [0.3, 0.4) is 0 Å². The largest absolute Gasteiger partial charge is 0.462 e. The lowest BCUT2D eigenvalue weighted by molar-refractivity contribution is 0.00578. The highest BCUT2D eigenvalue weighted by molar-refractivity contribution is 6.47. The summed E-state index contributed by atoms with van der Waals surface area (Å²) in [4.78, 5) is 2.26. The van der Waals surface area contributed by atoms with Crippen LogP contribution in [0.2, 0.25) is 5.82 Å². The topological polar surface area (TPSA) is 21.7 Å². The molecule has 1 fully saturated rings. The van der Waals surface area contributed by atoms with Gasteiger partial charge in [-0.1, -0.05) is 19.8 Å². The number of nitrogens with zero attached hydrogens (tertiary/aromatic N) is 1. The standard InChI is InChI=1S/C14H30BNO2/c1-9-10-12(11(2)16(7)8)15-17-13(3,4)14(5,6)18-15/h11-12H,9-10H2,1-8H3/t11-,12?/m0/s1. The van der Waals surface area contributed by atoms with Crippen LogP contribution in [0, 0.1) is 0 Å². The molecule has 0 radical (unpaired) electrons. The third kappa shape index (κ3) is 3.09. The fourth-order valence-electron chi connectivity index (χ4n) is 2.38. The Labute approximate surface area is 113 Å². The molecule has 1 rings (SSSR count). The van der Waals surface area contributed by atoms with Crippen LogP contribution in [0.5, 0.6) is 0 Å². The summed E-state index contributed by atoms with van der Waals surface area (Å²) in [6.07, 6.45) is 2.29. The predicted octanol–water partition coefficient (Wildman–Crippen LogP) is 3.20. The van der Waals surface area contributed by atoms with Crippen molar-refractivity contribution in [1.82, 2.24) is 4.90 Å². The third-order valence-electron chi connectivity index (χ3n) is 4.68. The minimum Gasteiger partial charge on any atom is -0.403 e. The van der Waals surface area contributed by atoms with Gasteiger partial charge in [-0.3, -0.25) is 0 Å². The van der Waals surface area contributed by atoms with Gasteiger partial charge >= 0.3 is 7.12 Å². The highest BCUT2D eigenvalue weighted by Crippen LogP contribution is 2.42. The molecule has 3 nitrogen and oxygen atoms in total. The second-order valence-electron chi connectivity index (χ2n) is 6.78. The molecule has 1 heterocycles. The lowest BCUT2D eigenvalue weighted by Crippen LogP contribution is -2.41. The van der Waals surface area contributed by atoms with E-state index in [4.69, 9.17) is 9.31 Å². The number of hydrogen-bond acceptors (Lipinski definition) is 3. The first-order valence-electron chi connectivity index (χ1n) is 7.14. The molecule has 0 aromatic rings. The van der Waals surface area contributed by atoms with E-state index in [0.717, 1.165) is 12.8 Å². The minimum absolute atomic E-state index is 0.0904. The van der Waals surface area contributed by atoms with E-state index in [1.54, 1.807) is 0 Å². The summed E-state index contributed by atoms with van der Waals surface area (Å²) in [6, 6.07) is 0.458. The SMILES string of the molecule is CCCC(B1OC(C)(C)C(C)(C)O1)[C@H](C)N(C)C. The molecule has 1 unspecified atom stereocenters. The molecule has 0 spiro atoms. The zero-order chi connectivity index (χ0) is 14.1. The van der Waals surface area contributed by atoms with Crippen molar-refractivity contribution in [2.24, 2.45) is 0 Å². The fourth-order valence-corrected chi connectivity index (χ4v) is 2.38. The number of hydrogen-bond donors (Lipinski definition) is 0. The van der Waals surface area contributed by atoms with Crippen molar-refractivity contribution in [2.75, 3.05) is 14.1 Å². The van der Waals surface area contributed by atoms with Gasteiger partial charge in [-0.25, -0.2) is 0 Å². The fraction of sp³-hybridized carbons (Fsp3) is 1.00. The molecule has 18 heavy (non-hydrogen) atoms. The molecular formula is C14H30BNO2. The van der Waals surface area contributed by atoms with Gasteiger partial charge in [-0.15, -0.1) is 0 Å². The molecule has 106 valence electrons. The maximum absolute atomic E-state index is 6.20. The van der Waals surface area contributed by atoms with Crippen LogP contribution in [-0.4, -0.2) is 43.4 Å². The van der Waals surface area contributed by atoms with Crippen molar-refractivity contribution >= 4 is 7.12 Å². The van der Waals surface area contributed by atoms with Crippen molar-refractivity contribution in [3.8, 4) is 0 Å². The molecule has 4 heteroatoms. The smallest absolute Gasteiger partial charge is 0.403 e. The Kier molecular flexibility index (Phi) is 4.90. The molecule has 0 aromatic carbocycles. The van der Waals surface area contributed by atoms with Crippen LogP contribution in [0.1, 0.15) is 54.4 Å². The average Bonchev–Trinajstić information content (AvgIpc) is 2.43. The molecule has 1 saturated heterocycles. The van der Waals surface area contributed by atoms with Crippen LogP contribution >= 0.6 is 0 Å². The summed E-state index contributed by atoms with van der Waals surface area (Å²) >= 11 is 0. The van der Waals surface area contributed by atoms with Gasteiger partial charge in [0.15, 0.2) is 0 Å². The Hall–Kier alpha value is -0.0551. The molecule has 0 aromatic heterocycles. The molecule has 0 aliphatic carbocycles. The maximum atomic E-state index is 6.20. The van der Waals surface area contributed by atoms with Crippen LogP contribution in [0.25, 0.3) is 0 Å². The van der Waals surface area contributed by atoms with Crippen molar-refractivity contribution in [3.05, 3.63) is 0 Å². The van der Waals surface area contributed by atoms with Gasteiger partial charge in [0.2, 0.25) is 0 Å². The van der Waals surface area contributed by atoms with Gasteiger partial charge in [0.1, 0.15) is 0 Å². The van der Waals surface area contributed by atoms with Crippen molar-refractivity contribution in [3.63, 3.8) is 0 Å². The van der Waals surface area contributed by atoms with Crippen LogP contribution in [-0.2, 0) is 9.31 Å². The zero-order valence-electron chi connectivity index (χ0n) is 13.4. The number of rotatable bonds is 5. The summed E-state index contributed by atoms with van der Waals surface area (Å²) in [5, 5.41) is 0. The Morgan fingerprint density at radius 1 is 1.06 bits per heavy atom. The van der Waals surface area contributed by atoms with Gasteiger partial charge in [-0.2, -0.15) is 0 Å². The molecule has 1 aliphatic heterocycles. The van der Waals surface area contributed by atoms with E-state index in [0.29, 0.717) is 11.9 Å². The highest BCUT2D eigenvalue weighted by Gasteiger charge is 2.54. The van der Waals surface area contributed by atoms with Crippen molar-refractivity contribution < 1.29 is 9.31 Å². The second-order valence-corrected chi connectivity index (χ2v) is 6.78. The lowest BCUT2D eigenvalue weighted by atomic mass is 9.65. The molecule has 0 saturated carbocycles. The molecule has 1 aliphatic rings. The van der Waals surface area contributed by atoms with E-state index < -0.39 is 0 Å². The first-order chi connectivity index (χ1) is 8.12. The summed E-state index contributed by atoms with van der Waals surface area (Å²) in [5.74, 6) is 0.422. The minimum atomic E-state index is -0.226. The van der Waals surface area contributed by atoms with Gasteiger partial charge in [0, 0.05) is 11.9 Å². The van der Waals surface area contributed by atoms with Gasteiger partial charge in [0.25, 0.3) is 0 Å². The molecule has 0 amide bonds. The quantitative estimate of drug-likeness (QED) is 0.704. The van der Waals surface area contributed by atoms with E-state index in [1.807, 2.05) is 0 Å². The second kappa shape index (κ2) is 5.52. The molecule has 2 atom stereocenters. The summed E-state index contributed by atoms with van der Waals surface area (Å²) in [5.41, 5.74) is -0.453. The Morgan fingerprint density at radius 3 is 1.83 bits per heavy atom. The van der Waals surface area contributed by atoms with E-state index >= 15 is 0 Å². The summed E-state index contributed by atoms with van der Waals surface area (Å²) in [7, 11) is 4.16. The summed E-state index contributed by atoms with van der Waals surface area (Å²) in [6.45, 7) is 13.0. The lowest BCUT2D eigenvalue weighted by Gasteiger charge is -2.32. The van der Waals surface area contributed by atoms with E-state index in [1.165, 1.54) is 0 Å². The summed E-state index contributed by atoms with van der Waals surface area (Å²) < 4.78 is 12.4. The van der Waals surface area contributed by atoms with Gasteiger partial charge in [-0.05, 0) is 48.7 Å². The predicted molar refractivity (Wildman–Crippen MR) is 77.9 cm³/mol. The van der Waals surface area contributed by atoms with E-state index in [2.05, 4.69) is 60.5 Å². The molecule has 0 bridgehead atoms. The maximum Gasteiger partial charge on any atom is 0.462 e. The highest BCUT2D eigenvalue weighted by atomic mass is 16.7. The Balaban J connectivity index is 2.84. The molecule has 0 N–H and O–H groups in total. The van der Waals surface area contributed by atoms with E-state index in [-0.39, 0.29) is 18.3 Å². The normalized spacial score (nSPS) is 25.5. The monoisotopic (exact) mass is 255 g/mol. The zero-order valence-corrected chi connectivity index (χ0v) is 13.4. The van der Waals surface area contributed by atoms with Crippen LogP contribution in [0.15, 0.2) is 0 Å². The van der Waals surface area contributed by atoms with Gasteiger partial charge < -0.3 is 14.2 Å². The average molecular weight is 255 g/mol. The first-order valence-corrected chi connectivity index (χ1v) is 7.14. The first kappa shape index (κ1) is 16.0. The van der Waals surface area contributed by atoms with Crippen molar-refractivity contribution in [2.45, 2.75) is 77.4 Å². The van der Waals surface area contributed by atoms with Gasteiger partial charge in [0.05, 0.1) is 11.2 Å². The Bertz CT molecular complexity index is 263. The molecular weight excluding hydrogens is 225 g/mol.